The number of amides is 1. The monoisotopic (exact) mass is 315 g/mol. The summed E-state index contributed by atoms with van der Waals surface area (Å²) >= 11 is 0. The molecular weight excluding hydrogens is 294 g/mol. The minimum atomic E-state index is 0.0341. The highest BCUT2D eigenvalue weighted by molar-refractivity contribution is 5.95. The molecule has 1 amide bonds. The van der Waals surface area contributed by atoms with Crippen LogP contribution < -0.4 is 0 Å². The Hall–Kier alpha value is -2.18. The topological polar surface area (TPSA) is 87.9 Å². The predicted octanol–water partition coefficient (Wildman–Crippen LogP) is 2.42. The Morgan fingerprint density at radius 2 is 2.17 bits per heavy atom. The zero-order chi connectivity index (χ0) is 16.0. The van der Waals surface area contributed by atoms with Crippen molar-refractivity contribution in [2.45, 2.75) is 50.9 Å². The Labute approximate surface area is 134 Å². The minimum Gasteiger partial charge on any atom is -0.339 e. The van der Waals surface area contributed by atoms with E-state index in [9.17, 15) is 4.79 Å². The van der Waals surface area contributed by atoms with Crippen molar-refractivity contribution in [3.05, 3.63) is 29.2 Å². The molecule has 122 valence electrons. The fourth-order valence-electron chi connectivity index (χ4n) is 3.14. The van der Waals surface area contributed by atoms with Crippen LogP contribution in [0.25, 0.3) is 0 Å². The highest BCUT2D eigenvalue weighted by atomic mass is 16.5. The molecule has 1 unspecified atom stereocenters. The molecule has 1 aliphatic carbocycles. The van der Waals surface area contributed by atoms with Gasteiger partial charge >= 0.3 is 0 Å². The summed E-state index contributed by atoms with van der Waals surface area (Å²) in [4.78, 5) is 19.1. The first-order valence-corrected chi connectivity index (χ1v) is 8.29. The third-order valence-corrected chi connectivity index (χ3v) is 4.70. The highest BCUT2D eigenvalue weighted by Crippen LogP contribution is 2.39. The number of carbonyl (C=O) groups excluding carboxylic acids is 1. The van der Waals surface area contributed by atoms with Crippen LogP contribution in [-0.4, -0.2) is 44.2 Å². The van der Waals surface area contributed by atoms with E-state index in [0.29, 0.717) is 30.5 Å². The molecule has 2 aromatic heterocycles. The molecule has 2 fully saturated rings. The fraction of sp³-hybridized carbons (Fsp3) is 0.625. The summed E-state index contributed by atoms with van der Waals surface area (Å²) in [6, 6.07) is 0. The van der Waals surface area contributed by atoms with E-state index >= 15 is 0 Å². The SMILES string of the molecule is CC(C)c1[nH]ncc1C(=O)N1CCC(c2nc(C3CC3)no2)C1. The standard InChI is InChI=1S/C16H21N5O2/c1-9(2)13-12(7-17-19-13)16(22)21-6-5-11(8-21)15-18-14(20-23-15)10-3-4-10/h7,9-11H,3-6,8H2,1-2H3,(H,17,19). The molecule has 7 heteroatoms. The van der Waals surface area contributed by atoms with Gasteiger partial charge in [-0.2, -0.15) is 10.1 Å². The molecule has 1 saturated heterocycles. The zero-order valence-electron chi connectivity index (χ0n) is 13.5. The summed E-state index contributed by atoms with van der Waals surface area (Å²) in [6.07, 6.45) is 4.81. The second-order valence-corrected chi connectivity index (χ2v) is 6.85. The summed E-state index contributed by atoms with van der Waals surface area (Å²) in [5, 5.41) is 11.0. The molecule has 0 spiro atoms. The van der Waals surface area contributed by atoms with Gasteiger partial charge in [-0.3, -0.25) is 9.89 Å². The summed E-state index contributed by atoms with van der Waals surface area (Å²) in [7, 11) is 0. The quantitative estimate of drug-likeness (QED) is 0.936. The smallest absolute Gasteiger partial charge is 0.257 e. The van der Waals surface area contributed by atoms with Crippen LogP contribution in [0, 0.1) is 0 Å². The minimum absolute atomic E-state index is 0.0341. The summed E-state index contributed by atoms with van der Waals surface area (Å²) in [5.41, 5.74) is 1.57. The molecule has 7 nitrogen and oxygen atoms in total. The molecule has 23 heavy (non-hydrogen) atoms. The van der Waals surface area contributed by atoms with Crippen molar-refractivity contribution in [2.24, 2.45) is 0 Å². The van der Waals surface area contributed by atoms with E-state index in [-0.39, 0.29) is 17.7 Å². The van der Waals surface area contributed by atoms with Gasteiger partial charge in [-0.15, -0.1) is 0 Å². The van der Waals surface area contributed by atoms with Crippen LogP contribution in [0.4, 0.5) is 0 Å². The lowest BCUT2D eigenvalue weighted by atomic mass is 10.1. The number of aromatic amines is 1. The molecule has 2 aliphatic rings. The Balaban J connectivity index is 1.46. The molecular formula is C16H21N5O2. The molecule has 0 radical (unpaired) electrons. The molecule has 0 aromatic carbocycles. The first-order chi connectivity index (χ1) is 11.1. The Morgan fingerprint density at radius 1 is 1.35 bits per heavy atom. The van der Waals surface area contributed by atoms with E-state index in [0.717, 1.165) is 30.8 Å². The van der Waals surface area contributed by atoms with E-state index < -0.39 is 0 Å². The van der Waals surface area contributed by atoms with Gasteiger partial charge in [-0.25, -0.2) is 0 Å². The van der Waals surface area contributed by atoms with Gasteiger partial charge in [0.05, 0.1) is 23.4 Å². The summed E-state index contributed by atoms with van der Waals surface area (Å²) in [5.74, 6) is 2.43. The van der Waals surface area contributed by atoms with Crippen molar-refractivity contribution >= 4 is 5.91 Å². The van der Waals surface area contributed by atoms with Crippen molar-refractivity contribution < 1.29 is 9.32 Å². The second-order valence-electron chi connectivity index (χ2n) is 6.85. The number of hydrogen-bond donors (Lipinski definition) is 1. The van der Waals surface area contributed by atoms with Gasteiger partial charge in [0, 0.05) is 19.0 Å². The van der Waals surface area contributed by atoms with Crippen molar-refractivity contribution in [2.75, 3.05) is 13.1 Å². The number of H-pyrrole nitrogens is 1. The van der Waals surface area contributed by atoms with Gasteiger partial charge in [0.25, 0.3) is 5.91 Å². The van der Waals surface area contributed by atoms with Gasteiger partial charge in [-0.05, 0) is 25.2 Å². The summed E-state index contributed by atoms with van der Waals surface area (Å²) < 4.78 is 5.41. The maximum atomic E-state index is 12.7. The molecule has 3 heterocycles. The molecule has 1 N–H and O–H groups in total. The second kappa shape index (κ2) is 5.47. The number of nitrogens with one attached hydrogen (secondary N) is 1. The first kappa shape index (κ1) is 14.4. The van der Waals surface area contributed by atoms with Crippen molar-refractivity contribution in [1.82, 2.24) is 25.2 Å². The lowest BCUT2D eigenvalue weighted by molar-refractivity contribution is 0.0788. The maximum absolute atomic E-state index is 12.7. The summed E-state index contributed by atoms with van der Waals surface area (Å²) in [6.45, 7) is 5.45. The highest BCUT2D eigenvalue weighted by Gasteiger charge is 2.35. The average Bonchev–Trinajstić information content (AvgIpc) is 3.03. The largest absolute Gasteiger partial charge is 0.339 e. The predicted molar refractivity (Wildman–Crippen MR) is 82.2 cm³/mol. The lowest BCUT2D eigenvalue weighted by Gasteiger charge is -2.16. The third kappa shape index (κ3) is 2.64. The zero-order valence-corrected chi connectivity index (χ0v) is 13.5. The molecule has 2 aromatic rings. The fourth-order valence-corrected chi connectivity index (χ4v) is 3.14. The van der Waals surface area contributed by atoms with Crippen LogP contribution in [0.2, 0.25) is 0 Å². The van der Waals surface area contributed by atoms with E-state index in [4.69, 9.17) is 4.52 Å². The van der Waals surface area contributed by atoms with Gasteiger partial charge in [0.1, 0.15) is 0 Å². The third-order valence-electron chi connectivity index (χ3n) is 4.70. The number of likely N-dealkylation sites (tertiary alicyclic amines) is 1. The van der Waals surface area contributed by atoms with Crippen LogP contribution in [0.3, 0.4) is 0 Å². The van der Waals surface area contributed by atoms with Gasteiger partial charge in [0.2, 0.25) is 5.89 Å². The van der Waals surface area contributed by atoms with E-state index in [1.165, 1.54) is 0 Å². The number of rotatable bonds is 4. The Bertz CT molecular complexity index is 716. The number of carbonyl (C=O) groups is 1. The van der Waals surface area contributed by atoms with E-state index in [1.54, 1.807) is 6.20 Å². The van der Waals surface area contributed by atoms with Crippen LogP contribution >= 0.6 is 0 Å². The van der Waals surface area contributed by atoms with E-state index in [1.807, 2.05) is 4.90 Å². The maximum Gasteiger partial charge on any atom is 0.257 e. The Morgan fingerprint density at radius 3 is 2.91 bits per heavy atom. The number of hydrogen-bond acceptors (Lipinski definition) is 5. The van der Waals surface area contributed by atoms with E-state index in [2.05, 4.69) is 34.2 Å². The van der Waals surface area contributed by atoms with Crippen molar-refractivity contribution in [3.8, 4) is 0 Å². The van der Waals surface area contributed by atoms with Crippen molar-refractivity contribution in [3.63, 3.8) is 0 Å². The van der Waals surface area contributed by atoms with Crippen LogP contribution in [0.1, 0.15) is 78.6 Å². The molecule has 1 aliphatic heterocycles. The lowest BCUT2D eigenvalue weighted by Crippen LogP contribution is -2.29. The molecule has 1 saturated carbocycles. The Kier molecular flexibility index (Phi) is 3.43. The van der Waals surface area contributed by atoms with Crippen molar-refractivity contribution in [1.29, 1.82) is 0 Å². The first-order valence-electron chi connectivity index (χ1n) is 8.29. The van der Waals surface area contributed by atoms with Crippen LogP contribution in [-0.2, 0) is 0 Å². The molecule has 1 atom stereocenters. The number of nitrogens with zero attached hydrogens (tertiary/aromatic N) is 4. The van der Waals surface area contributed by atoms with Gasteiger partial charge in [0.15, 0.2) is 5.82 Å². The number of aromatic nitrogens is 4. The molecule has 4 rings (SSSR count). The van der Waals surface area contributed by atoms with Gasteiger partial charge < -0.3 is 9.42 Å². The normalized spacial score (nSPS) is 21.3. The van der Waals surface area contributed by atoms with Gasteiger partial charge in [-0.1, -0.05) is 19.0 Å². The average molecular weight is 315 g/mol. The molecule has 0 bridgehead atoms. The van der Waals surface area contributed by atoms with Crippen LogP contribution in [0.15, 0.2) is 10.7 Å². The van der Waals surface area contributed by atoms with Crippen LogP contribution in [0.5, 0.6) is 0 Å².